The lowest BCUT2D eigenvalue weighted by Gasteiger charge is -2.33. The van der Waals surface area contributed by atoms with Crippen LogP contribution in [0.2, 0.25) is 0 Å². The van der Waals surface area contributed by atoms with Gasteiger partial charge in [0.25, 0.3) is 0 Å². The Morgan fingerprint density at radius 1 is 1.19 bits per heavy atom. The number of hydrogen-bond donors (Lipinski definition) is 1. The molecule has 114 valence electrons. The average Bonchev–Trinajstić information content (AvgIpc) is 3.12. The van der Waals surface area contributed by atoms with Gasteiger partial charge in [-0.1, -0.05) is 6.42 Å². The van der Waals surface area contributed by atoms with E-state index in [9.17, 15) is 0 Å². The zero-order chi connectivity index (χ0) is 14.4. The molecule has 3 saturated carbocycles. The van der Waals surface area contributed by atoms with E-state index in [1.807, 2.05) is 12.3 Å². The number of hydrogen-bond acceptors (Lipinski definition) is 3. The van der Waals surface area contributed by atoms with Crippen LogP contribution in [-0.4, -0.2) is 17.1 Å². The Morgan fingerprint density at radius 2 is 2.05 bits per heavy atom. The summed E-state index contributed by atoms with van der Waals surface area (Å²) in [5, 5.41) is 3.77. The molecule has 1 heterocycles. The quantitative estimate of drug-likeness (QED) is 0.904. The van der Waals surface area contributed by atoms with Gasteiger partial charge in [0.15, 0.2) is 0 Å². The number of fused-ring (bicyclic) bond motifs is 5. The molecule has 0 aliphatic heterocycles. The van der Waals surface area contributed by atoms with Crippen LogP contribution >= 0.6 is 0 Å². The minimum absolute atomic E-state index is 0.166. The molecular formula is C18H26N2O. The van der Waals surface area contributed by atoms with E-state index in [0.717, 1.165) is 35.2 Å². The van der Waals surface area contributed by atoms with Crippen molar-refractivity contribution in [2.24, 2.45) is 23.7 Å². The number of pyridine rings is 1. The molecule has 0 amide bonds. The van der Waals surface area contributed by atoms with Gasteiger partial charge in [-0.15, -0.1) is 0 Å². The first kappa shape index (κ1) is 13.4. The van der Waals surface area contributed by atoms with Crippen LogP contribution in [0, 0.1) is 23.7 Å². The number of nitrogens with zero attached hydrogens (tertiary/aromatic N) is 1. The fourth-order valence-electron chi connectivity index (χ4n) is 5.25. The Kier molecular flexibility index (Phi) is 3.31. The molecule has 2 bridgehead atoms. The van der Waals surface area contributed by atoms with E-state index < -0.39 is 0 Å². The van der Waals surface area contributed by atoms with Crippen LogP contribution in [0.1, 0.15) is 46.0 Å². The molecule has 5 atom stereocenters. The molecule has 3 fully saturated rings. The Labute approximate surface area is 127 Å². The van der Waals surface area contributed by atoms with Gasteiger partial charge in [-0.3, -0.25) is 0 Å². The van der Waals surface area contributed by atoms with Gasteiger partial charge >= 0.3 is 0 Å². The fraction of sp³-hybridized carbons (Fsp3) is 0.722. The van der Waals surface area contributed by atoms with Crippen molar-refractivity contribution < 1.29 is 4.74 Å². The third-order valence-electron chi connectivity index (χ3n) is 5.89. The molecule has 0 radical (unpaired) electrons. The molecule has 3 heteroatoms. The van der Waals surface area contributed by atoms with E-state index in [1.165, 1.54) is 32.1 Å². The van der Waals surface area contributed by atoms with Crippen LogP contribution in [-0.2, 0) is 0 Å². The van der Waals surface area contributed by atoms with E-state index in [4.69, 9.17) is 4.74 Å². The highest BCUT2D eigenvalue weighted by molar-refractivity contribution is 5.53. The van der Waals surface area contributed by atoms with Gasteiger partial charge in [0.1, 0.15) is 0 Å². The minimum atomic E-state index is 0.166. The lowest BCUT2D eigenvalue weighted by atomic mass is 9.79. The molecule has 0 spiro atoms. The Bertz CT molecular complexity index is 516. The molecule has 3 aliphatic carbocycles. The third-order valence-corrected chi connectivity index (χ3v) is 5.89. The van der Waals surface area contributed by atoms with Crippen molar-refractivity contribution in [2.75, 3.05) is 5.32 Å². The average molecular weight is 286 g/mol. The first-order chi connectivity index (χ1) is 10.2. The van der Waals surface area contributed by atoms with Gasteiger partial charge in [-0.05, 0) is 75.3 Å². The highest BCUT2D eigenvalue weighted by Gasteiger charge is 2.53. The van der Waals surface area contributed by atoms with E-state index in [0.29, 0.717) is 6.04 Å². The number of aromatic nitrogens is 1. The predicted octanol–water partition coefficient (Wildman–Crippen LogP) is 4.11. The summed E-state index contributed by atoms with van der Waals surface area (Å²) in [4.78, 5) is 4.40. The van der Waals surface area contributed by atoms with Crippen molar-refractivity contribution in [2.45, 2.75) is 58.1 Å². The van der Waals surface area contributed by atoms with Gasteiger partial charge in [-0.25, -0.2) is 4.98 Å². The summed E-state index contributed by atoms with van der Waals surface area (Å²) < 4.78 is 5.85. The number of ether oxygens (including phenoxy) is 1. The molecule has 0 aromatic carbocycles. The van der Waals surface area contributed by atoms with E-state index in [1.54, 1.807) is 0 Å². The van der Waals surface area contributed by atoms with Crippen LogP contribution in [0.3, 0.4) is 0 Å². The van der Waals surface area contributed by atoms with Crippen molar-refractivity contribution >= 4 is 5.69 Å². The summed E-state index contributed by atoms with van der Waals surface area (Å²) in [6.45, 7) is 4.11. The fourth-order valence-corrected chi connectivity index (χ4v) is 5.25. The monoisotopic (exact) mass is 286 g/mol. The van der Waals surface area contributed by atoms with Crippen molar-refractivity contribution in [1.29, 1.82) is 0 Å². The van der Waals surface area contributed by atoms with Crippen molar-refractivity contribution in [3.8, 4) is 5.88 Å². The second-order valence-electron chi connectivity index (χ2n) is 7.43. The summed E-state index contributed by atoms with van der Waals surface area (Å²) in [6, 6.07) is 4.75. The second kappa shape index (κ2) is 5.19. The second-order valence-corrected chi connectivity index (χ2v) is 7.43. The lowest BCUT2D eigenvalue weighted by molar-refractivity contribution is 0.230. The molecule has 5 unspecified atom stereocenters. The van der Waals surface area contributed by atoms with Crippen LogP contribution < -0.4 is 10.1 Å². The van der Waals surface area contributed by atoms with E-state index in [-0.39, 0.29) is 6.10 Å². The van der Waals surface area contributed by atoms with Crippen LogP contribution in [0.5, 0.6) is 5.88 Å². The van der Waals surface area contributed by atoms with Gasteiger partial charge in [0.05, 0.1) is 11.8 Å². The zero-order valence-electron chi connectivity index (χ0n) is 13.1. The summed E-state index contributed by atoms with van der Waals surface area (Å²) in [6.07, 6.45) is 9.20. The predicted molar refractivity (Wildman–Crippen MR) is 84.5 cm³/mol. The highest BCUT2D eigenvalue weighted by atomic mass is 16.5. The normalized spacial score (nSPS) is 37.0. The molecule has 1 aromatic rings. The SMILES string of the molecule is CC(C)Oc1ncccc1NC1CC2CC1C1CCCC21. The maximum atomic E-state index is 5.85. The Balaban J connectivity index is 1.50. The molecule has 3 nitrogen and oxygen atoms in total. The van der Waals surface area contributed by atoms with Gasteiger partial charge in [0.2, 0.25) is 5.88 Å². The lowest BCUT2D eigenvalue weighted by Crippen LogP contribution is -2.34. The molecule has 0 saturated heterocycles. The van der Waals surface area contributed by atoms with Crippen LogP contribution in [0.25, 0.3) is 0 Å². The Hall–Kier alpha value is -1.25. The molecule has 3 aliphatic rings. The van der Waals surface area contributed by atoms with E-state index in [2.05, 4.69) is 30.2 Å². The molecule has 21 heavy (non-hydrogen) atoms. The van der Waals surface area contributed by atoms with Crippen LogP contribution in [0.4, 0.5) is 5.69 Å². The summed E-state index contributed by atoms with van der Waals surface area (Å²) >= 11 is 0. The number of anilines is 1. The first-order valence-electron chi connectivity index (χ1n) is 8.60. The van der Waals surface area contributed by atoms with Gasteiger partial charge in [0, 0.05) is 12.2 Å². The van der Waals surface area contributed by atoms with Crippen molar-refractivity contribution in [3.63, 3.8) is 0 Å². The summed E-state index contributed by atoms with van der Waals surface area (Å²) in [7, 11) is 0. The largest absolute Gasteiger partial charge is 0.473 e. The standard InChI is InChI=1S/C18H26N2O/c1-11(2)21-18-16(7-4-8-19-18)20-17-10-12-9-15(17)14-6-3-5-13(12)14/h4,7-8,11-15,17,20H,3,5-6,9-10H2,1-2H3. The zero-order valence-corrected chi connectivity index (χ0v) is 13.1. The highest BCUT2D eigenvalue weighted by Crippen LogP contribution is 2.59. The summed E-state index contributed by atoms with van der Waals surface area (Å²) in [5.41, 5.74) is 1.08. The topological polar surface area (TPSA) is 34.1 Å². The number of nitrogens with one attached hydrogen (secondary N) is 1. The van der Waals surface area contributed by atoms with Crippen LogP contribution in [0.15, 0.2) is 18.3 Å². The Morgan fingerprint density at radius 3 is 2.90 bits per heavy atom. The minimum Gasteiger partial charge on any atom is -0.473 e. The molecule has 1 aromatic heterocycles. The molecule has 1 N–H and O–H groups in total. The summed E-state index contributed by atoms with van der Waals surface area (Å²) in [5.74, 6) is 4.67. The van der Waals surface area contributed by atoms with Gasteiger partial charge < -0.3 is 10.1 Å². The van der Waals surface area contributed by atoms with Crippen molar-refractivity contribution in [3.05, 3.63) is 18.3 Å². The van der Waals surface area contributed by atoms with E-state index >= 15 is 0 Å². The molecular weight excluding hydrogens is 260 g/mol. The number of rotatable bonds is 4. The maximum absolute atomic E-state index is 5.85. The maximum Gasteiger partial charge on any atom is 0.237 e. The van der Waals surface area contributed by atoms with Crippen molar-refractivity contribution in [1.82, 2.24) is 4.98 Å². The first-order valence-corrected chi connectivity index (χ1v) is 8.60. The molecule has 4 rings (SSSR count). The van der Waals surface area contributed by atoms with Gasteiger partial charge in [-0.2, -0.15) is 0 Å². The third kappa shape index (κ3) is 2.31. The smallest absolute Gasteiger partial charge is 0.237 e.